The molecule has 0 aliphatic heterocycles. The van der Waals surface area contributed by atoms with Crippen LogP contribution in [0.1, 0.15) is 55.8 Å². The van der Waals surface area contributed by atoms with Gasteiger partial charge in [-0.25, -0.2) is 9.78 Å². The fraction of sp³-hybridized carbons (Fsp3) is 0.571. The van der Waals surface area contributed by atoms with Crippen molar-refractivity contribution in [2.75, 3.05) is 6.61 Å². The van der Waals surface area contributed by atoms with Gasteiger partial charge in [0.2, 0.25) is 0 Å². The number of ether oxygens (including phenoxy) is 1. The molecule has 0 N–H and O–H groups in total. The maximum atomic E-state index is 11.7. The van der Waals surface area contributed by atoms with Crippen molar-refractivity contribution in [3.8, 4) is 0 Å². The molecule has 1 heterocycles. The third-order valence-electron chi connectivity index (χ3n) is 2.71. The van der Waals surface area contributed by atoms with E-state index in [1.165, 1.54) is 25.7 Å². The Morgan fingerprint density at radius 3 is 2.72 bits per heavy atom. The Morgan fingerprint density at radius 1 is 1.28 bits per heavy atom. The molecule has 0 bridgehead atoms. The number of rotatable bonds is 8. The lowest BCUT2D eigenvalue weighted by Gasteiger charge is -2.05. The summed E-state index contributed by atoms with van der Waals surface area (Å²) >= 11 is 3.24. The summed E-state index contributed by atoms with van der Waals surface area (Å²) in [5.41, 5.74) is 0.489. The van der Waals surface area contributed by atoms with Gasteiger partial charge in [-0.1, -0.05) is 39.0 Å². The van der Waals surface area contributed by atoms with Crippen LogP contribution in [0.15, 0.2) is 22.9 Å². The Morgan fingerprint density at radius 2 is 2.00 bits per heavy atom. The summed E-state index contributed by atoms with van der Waals surface area (Å²) < 4.78 is 5.75. The van der Waals surface area contributed by atoms with Crippen LogP contribution in [0.4, 0.5) is 0 Å². The Balaban J connectivity index is 2.16. The molecule has 1 aromatic heterocycles. The minimum atomic E-state index is -0.302. The van der Waals surface area contributed by atoms with Crippen LogP contribution in [0.3, 0.4) is 0 Å². The molecule has 3 nitrogen and oxygen atoms in total. The maximum Gasteiger partial charge on any atom is 0.340 e. The highest BCUT2D eigenvalue weighted by Gasteiger charge is 2.10. The summed E-state index contributed by atoms with van der Waals surface area (Å²) in [6.07, 6.45) is 8.75. The molecule has 0 aliphatic rings. The molecule has 0 aliphatic carbocycles. The molecule has 0 saturated heterocycles. The Labute approximate surface area is 117 Å². The first-order valence-corrected chi connectivity index (χ1v) is 7.32. The molecule has 1 rings (SSSR count). The lowest BCUT2D eigenvalue weighted by atomic mass is 10.1. The van der Waals surface area contributed by atoms with Gasteiger partial charge in [-0.3, -0.25) is 0 Å². The standard InChI is InChI=1S/C14H20BrNO2/c1-2-3-4-5-6-7-11-18-14(17)12-9-8-10-16-13(12)15/h8-10H,2-7,11H2,1H3. The molecule has 0 fully saturated rings. The number of carbonyl (C=O) groups excluding carboxylic acids is 1. The fourth-order valence-electron chi connectivity index (χ4n) is 1.66. The summed E-state index contributed by atoms with van der Waals surface area (Å²) in [5, 5.41) is 0. The van der Waals surface area contributed by atoms with Crippen LogP contribution in [0.2, 0.25) is 0 Å². The highest BCUT2D eigenvalue weighted by Crippen LogP contribution is 2.14. The molecule has 1 aromatic rings. The minimum Gasteiger partial charge on any atom is -0.462 e. The molecule has 18 heavy (non-hydrogen) atoms. The van der Waals surface area contributed by atoms with Gasteiger partial charge in [0.05, 0.1) is 12.2 Å². The van der Waals surface area contributed by atoms with Crippen molar-refractivity contribution < 1.29 is 9.53 Å². The van der Waals surface area contributed by atoms with E-state index in [0.29, 0.717) is 16.8 Å². The highest BCUT2D eigenvalue weighted by atomic mass is 79.9. The van der Waals surface area contributed by atoms with Gasteiger partial charge in [-0.05, 0) is 34.5 Å². The van der Waals surface area contributed by atoms with Gasteiger partial charge in [0.1, 0.15) is 4.60 Å². The van der Waals surface area contributed by atoms with Crippen LogP contribution in [0.5, 0.6) is 0 Å². The molecule has 0 aromatic carbocycles. The van der Waals surface area contributed by atoms with Crippen molar-refractivity contribution in [2.24, 2.45) is 0 Å². The van der Waals surface area contributed by atoms with Gasteiger partial charge >= 0.3 is 5.97 Å². The molecule has 0 unspecified atom stereocenters. The van der Waals surface area contributed by atoms with Gasteiger partial charge in [0, 0.05) is 6.20 Å². The van der Waals surface area contributed by atoms with Gasteiger partial charge in [-0.2, -0.15) is 0 Å². The average Bonchev–Trinajstić information content (AvgIpc) is 2.38. The van der Waals surface area contributed by atoms with Gasteiger partial charge < -0.3 is 4.74 Å². The number of hydrogen-bond acceptors (Lipinski definition) is 3. The maximum absolute atomic E-state index is 11.7. The second-order valence-electron chi connectivity index (χ2n) is 4.25. The van der Waals surface area contributed by atoms with Crippen molar-refractivity contribution in [3.05, 3.63) is 28.5 Å². The first-order chi connectivity index (χ1) is 8.75. The number of hydrogen-bond donors (Lipinski definition) is 0. The third-order valence-corrected chi connectivity index (χ3v) is 3.34. The van der Waals surface area contributed by atoms with E-state index in [-0.39, 0.29) is 5.97 Å². The van der Waals surface area contributed by atoms with E-state index in [2.05, 4.69) is 27.8 Å². The normalized spacial score (nSPS) is 10.3. The number of aromatic nitrogens is 1. The zero-order chi connectivity index (χ0) is 13.2. The number of esters is 1. The van der Waals surface area contributed by atoms with Crippen molar-refractivity contribution in [1.29, 1.82) is 0 Å². The van der Waals surface area contributed by atoms with Crippen LogP contribution >= 0.6 is 15.9 Å². The van der Waals surface area contributed by atoms with E-state index >= 15 is 0 Å². The monoisotopic (exact) mass is 313 g/mol. The quantitative estimate of drug-likeness (QED) is 0.406. The SMILES string of the molecule is CCCCCCCCOC(=O)c1cccnc1Br. The Bertz CT molecular complexity index is 369. The number of halogens is 1. The van der Waals surface area contributed by atoms with E-state index in [0.717, 1.165) is 12.8 Å². The first kappa shape index (κ1) is 15.2. The molecule has 4 heteroatoms. The van der Waals surface area contributed by atoms with E-state index in [4.69, 9.17) is 4.74 Å². The van der Waals surface area contributed by atoms with Crippen molar-refractivity contribution >= 4 is 21.9 Å². The second-order valence-corrected chi connectivity index (χ2v) is 5.00. The van der Waals surface area contributed by atoms with Gasteiger partial charge in [0.25, 0.3) is 0 Å². The largest absolute Gasteiger partial charge is 0.462 e. The van der Waals surface area contributed by atoms with Gasteiger partial charge in [-0.15, -0.1) is 0 Å². The van der Waals surface area contributed by atoms with E-state index in [9.17, 15) is 4.79 Å². The third kappa shape index (κ3) is 5.63. The van der Waals surface area contributed by atoms with E-state index in [1.54, 1.807) is 18.3 Å². The Kier molecular flexibility index (Phi) is 7.65. The zero-order valence-corrected chi connectivity index (χ0v) is 12.4. The topological polar surface area (TPSA) is 39.2 Å². The van der Waals surface area contributed by atoms with Crippen molar-refractivity contribution in [2.45, 2.75) is 45.4 Å². The summed E-state index contributed by atoms with van der Waals surface area (Å²) in [4.78, 5) is 15.7. The second kappa shape index (κ2) is 9.09. The fourth-order valence-corrected chi connectivity index (χ4v) is 2.08. The summed E-state index contributed by atoms with van der Waals surface area (Å²) in [6, 6.07) is 3.44. The molecular weight excluding hydrogens is 294 g/mol. The van der Waals surface area contributed by atoms with Crippen LogP contribution < -0.4 is 0 Å². The van der Waals surface area contributed by atoms with E-state index < -0.39 is 0 Å². The smallest absolute Gasteiger partial charge is 0.340 e. The predicted octanol–water partition coefficient (Wildman–Crippen LogP) is 4.36. The number of carbonyl (C=O) groups is 1. The van der Waals surface area contributed by atoms with Gasteiger partial charge in [0.15, 0.2) is 0 Å². The molecule has 0 radical (unpaired) electrons. The number of pyridine rings is 1. The van der Waals surface area contributed by atoms with Crippen LogP contribution in [-0.4, -0.2) is 17.6 Å². The predicted molar refractivity (Wildman–Crippen MR) is 75.6 cm³/mol. The van der Waals surface area contributed by atoms with Crippen molar-refractivity contribution in [1.82, 2.24) is 4.98 Å². The molecule has 0 atom stereocenters. The molecule has 0 saturated carbocycles. The molecule has 100 valence electrons. The number of unbranched alkanes of at least 4 members (excludes halogenated alkanes) is 5. The lowest BCUT2D eigenvalue weighted by molar-refractivity contribution is 0.0496. The molecular formula is C14H20BrNO2. The lowest BCUT2D eigenvalue weighted by Crippen LogP contribution is -2.07. The van der Waals surface area contributed by atoms with Crippen LogP contribution in [-0.2, 0) is 4.74 Å². The minimum absolute atomic E-state index is 0.302. The molecule has 0 amide bonds. The van der Waals surface area contributed by atoms with E-state index in [1.807, 2.05) is 0 Å². The summed E-state index contributed by atoms with van der Waals surface area (Å²) in [5.74, 6) is -0.302. The van der Waals surface area contributed by atoms with Crippen molar-refractivity contribution in [3.63, 3.8) is 0 Å². The Hall–Kier alpha value is -0.900. The molecule has 0 spiro atoms. The van der Waals surface area contributed by atoms with Crippen LogP contribution in [0.25, 0.3) is 0 Å². The summed E-state index contributed by atoms with van der Waals surface area (Å²) in [7, 11) is 0. The zero-order valence-electron chi connectivity index (χ0n) is 10.8. The highest BCUT2D eigenvalue weighted by molar-refractivity contribution is 9.10. The first-order valence-electron chi connectivity index (χ1n) is 6.53. The average molecular weight is 314 g/mol. The van der Waals surface area contributed by atoms with Crippen LogP contribution in [0, 0.1) is 0 Å². The number of nitrogens with zero attached hydrogens (tertiary/aromatic N) is 1. The summed E-state index contributed by atoms with van der Waals surface area (Å²) in [6.45, 7) is 2.69.